The second kappa shape index (κ2) is 9.94. The number of nitrogens with one attached hydrogen (secondary N) is 1. The molecule has 0 aliphatic heterocycles. The fourth-order valence-electron chi connectivity index (χ4n) is 2.43. The van der Waals surface area contributed by atoms with Gasteiger partial charge in [-0.2, -0.15) is 0 Å². The summed E-state index contributed by atoms with van der Waals surface area (Å²) in [6.45, 7) is 5.47. The monoisotopic (exact) mass is 361 g/mol. The van der Waals surface area contributed by atoms with Crippen molar-refractivity contribution in [2.45, 2.75) is 33.2 Å². The minimum absolute atomic E-state index is 0.00763. The Morgan fingerprint density at radius 3 is 2.48 bits per heavy atom. The Labute approximate surface area is 154 Å². The summed E-state index contributed by atoms with van der Waals surface area (Å²) in [7, 11) is 0. The zero-order valence-corrected chi connectivity index (χ0v) is 15.4. The highest BCUT2D eigenvalue weighted by atomic mass is 35.5. The van der Waals surface area contributed by atoms with Gasteiger partial charge in [0.1, 0.15) is 0 Å². The van der Waals surface area contributed by atoms with Gasteiger partial charge in [0.05, 0.1) is 13.2 Å². The summed E-state index contributed by atoms with van der Waals surface area (Å²) in [5.41, 5.74) is 1.96. The van der Waals surface area contributed by atoms with E-state index in [1.807, 2.05) is 56.3 Å². The molecule has 0 aliphatic carbocycles. The molecule has 0 aromatic heterocycles. The molecule has 2 aromatic carbocycles. The maximum Gasteiger partial charge on any atom is 0.220 e. The molecule has 4 nitrogen and oxygen atoms in total. The second-order valence-corrected chi connectivity index (χ2v) is 5.92. The van der Waals surface area contributed by atoms with Crippen LogP contribution in [0.2, 0.25) is 5.02 Å². The summed E-state index contributed by atoms with van der Waals surface area (Å²) in [5, 5.41) is 3.56. The van der Waals surface area contributed by atoms with E-state index in [0.29, 0.717) is 37.6 Å². The molecular weight excluding hydrogens is 338 g/mol. The molecule has 0 spiro atoms. The zero-order valence-electron chi connectivity index (χ0n) is 14.7. The van der Waals surface area contributed by atoms with E-state index in [1.54, 1.807) is 0 Å². The molecule has 0 atom stereocenters. The molecule has 0 heterocycles. The maximum atomic E-state index is 12.1. The zero-order chi connectivity index (χ0) is 18.1. The van der Waals surface area contributed by atoms with E-state index in [9.17, 15) is 4.79 Å². The molecule has 0 aliphatic rings. The Morgan fingerprint density at radius 1 is 1.04 bits per heavy atom. The van der Waals surface area contributed by atoms with Crippen LogP contribution in [0.5, 0.6) is 11.5 Å². The molecule has 134 valence electrons. The number of halogens is 1. The smallest absolute Gasteiger partial charge is 0.220 e. The number of carbonyl (C=O) groups excluding carboxylic acids is 1. The van der Waals surface area contributed by atoms with Crippen molar-refractivity contribution >= 4 is 17.5 Å². The van der Waals surface area contributed by atoms with Crippen molar-refractivity contribution in [3.8, 4) is 11.5 Å². The first-order valence-corrected chi connectivity index (χ1v) is 8.90. The number of rotatable bonds is 9. The van der Waals surface area contributed by atoms with Crippen LogP contribution in [0.4, 0.5) is 0 Å². The van der Waals surface area contributed by atoms with Crippen molar-refractivity contribution in [1.29, 1.82) is 0 Å². The molecule has 5 heteroatoms. The lowest BCUT2D eigenvalue weighted by Gasteiger charge is -2.12. The van der Waals surface area contributed by atoms with Crippen molar-refractivity contribution in [3.63, 3.8) is 0 Å². The molecular formula is C20H24ClNO3. The molecule has 0 saturated carbocycles. The normalized spacial score (nSPS) is 10.4. The molecule has 0 saturated heterocycles. The second-order valence-electron chi connectivity index (χ2n) is 5.52. The van der Waals surface area contributed by atoms with Crippen LogP contribution >= 0.6 is 11.6 Å². The summed E-state index contributed by atoms with van der Waals surface area (Å²) in [4.78, 5) is 12.1. The van der Waals surface area contributed by atoms with Gasteiger partial charge in [0.15, 0.2) is 11.5 Å². The van der Waals surface area contributed by atoms with Crippen LogP contribution in [-0.2, 0) is 17.8 Å². The molecule has 1 N–H and O–H groups in total. The average Bonchev–Trinajstić information content (AvgIpc) is 2.61. The van der Waals surface area contributed by atoms with E-state index in [4.69, 9.17) is 21.1 Å². The highest BCUT2D eigenvalue weighted by Crippen LogP contribution is 2.29. The lowest BCUT2D eigenvalue weighted by molar-refractivity contribution is -0.121. The van der Waals surface area contributed by atoms with Gasteiger partial charge in [-0.15, -0.1) is 0 Å². The lowest BCUT2D eigenvalue weighted by Crippen LogP contribution is -2.23. The number of carbonyl (C=O) groups is 1. The first-order valence-electron chi connectivity index (χ1n) is 8.52. The van der Waals surface area contributed by atoms with Crippen molar-refractivity contribution in [2.75, 3.05) is 13.2 Å². The van der Waals surface area contributed by atoms with Crippen LogP contribution in [0.25, 0.3) is 0 Å². The van der Waals surface area contributed by atoms with Gasteiger partial charge in [0, 0.05) is 18.0 Å². The SMILES string of the molecule is CCOc1ccc(CCC(=O)NCc2ccccc2Cl)cc1OCC. The van der Waals surface area contributed by atoms with Crippen molar-refractivity contribution < 1.29 is 14.3 Å². The summed E-state index contributed by atoms with van der Waals surface area (Å²) in [6, 6.07) is 13.3. The molecule has 25 heavy (non-hydrogen) atoms. The van der Waals surface area contributed by atoms with E-state index >= 15 is 0 Å². The molecule has 0 fully saturated rings. The van der Waals surface area contributed by atoms with Crippen molar-refractivity contribution in [3.05, 3.63) is 58.6 Å². The highest BCUT2D eigenvalue weighted by molar-refractivity contribution is 6.31. The van der Waals surface area contributed by atoms with Gasteiger partial charge in [-0.05, 0) is 49.6 Å². The number of aryl methyl sites for hydroxylation is 1. The highest BCUT2D eigenvalue weighted by Gasteiger charge is 2.08. The van der Waals surface area contributed by atoms with Crippen molar-refractivity contribution in [1.82, 2.24) is 5.32 Å². The predicted octanol–water partition coefficient (Wildman–Crippen LogP) is 4.39. The minimum Gasteiger partial charge on any atom is -0.490 e. The summed E-state index contributed by atoms with van der Waals surface area (Å²) in [5.74, 6) is 1.45. The van der Waals surface area contributed by atoms with E-state index in [1.165, 1.54) is 0 Å². The maximum absolute atomic E-state index is 12.1. The third kappa shape index (κ3) is 5.98. The Balaban J connectivity index is 1.88. The summed E-state index contributed by atoms with van der Waals surface area (Å²) in [6.07, 6.45) is 1.05. The first kappa shape index (κ1) is 19.1. The van der Waals surface area contributed by atoms with Gasteiger partial charge >= 0.3 is 0 Å². The molecule has 0 unspecified atom stereocenters. The van der Waals surface area contributed by atoms with Crippen LogP contribution in [0.3, 0.4) is 0 Å². The fraction of sp³-hybridized carbons (Fsp3) is 0.350. The van der Waals surface area contributed by atoms with Crippen LogP contribution in [0, 0.1) is 0 Å². The van der Waals surface area contributed by atoms with Gasteiger partial charge in [0.25, 0.3) is 0 Å². The minimum atomic E-state index is -0.00763. The van der Waals surface area contributed by atoms with Crippen molar-refractivity contribution in [2.24, 2.45) is 0 Å². The number of amides is 1. The number of hydrogen-bond donors (Lipinski definition) is 1. The van der Waals surface area contributed by atoms with E-state index in [0.717, 1.165) is 22.6 Å². The number of hydrogen-bond acceptors (Lipinski definition) is 3. The van der Waals surface area contributed by atoms with Crippen LogP contribution in [0.15, 0.2) is 42.5 Å². The Hall–Kier alpha value is -2.20. The van der Waals surface area contributed by atoms with E-state index < -0.39 is 0 Å². The van der Waals surface area contributed by atoms with Gasteiger partial charge in [0.2, 0.25) is 5.91 Å². The largest absolute Gasteiger partial charge is 0.490 e. The third-order valence-corrected chi connectivity index (χ3v) is 4.05. The number of benzene rings is 2. The molecule has 0 bridgehead atoms. The van der Waals surface area contributed by atoms with E-state index in [2.05, 4.69) is 5.32 Å². The van der Waals surface area contributed by atoms with Crippen LogP contribution < -0.4 is 14.8 Å². The van der Waals surface area contributed by atoms with Gasteiger partial charge in [-0.1, -0.05) is 35.9 Å². The molecule has 1 amide bonds. The van der Waals surface area contributed by atoms with Gasteiger partial charge in [-0.25, -0.2) is 0 Å². The molecule has 0 radical (unpaired) electrons. The summed E-state index contributed by atoms with van der Waals surface area (Å²) < 4.78 is 11.2. The third-order valence-electron chi connectivity index (χ3n) is 3.68. The first-order chi connectivity index (χ1) is 12.1. The average molecular weight is 362 g/mol. The number of ether oxygens (including phenoxy) is 2. The fourth-order valence-corrected chi connectivity index (χ4v) is 2.64. The molecule has 2 aromatic rings. The Bertz CT molecular complexity index is 703. The topological polar surface area (TPSA) is 47.6 Å². The Kier molecular flexibility index (Phi) is 7.61. The molecule has 2 rings (SSSR count). The lowest BCUT2D eigenvalue weighted by atomic mass is 10.1. The standard InChI is InChI=1S/C20H24ClNO3/c1-3-24-18-11-9-15(13-19(18)25-4-2)10-12-20(23)22-14-16-7-5-6-8-17(16)21/h5-9,11,13H,3-4,10,12,14H2,1-2H3,(H,22,23). The summed E-state index contributed by atoms with van der Waals surface area (Å²) >= 11 is 6.09. The Morgan fingerprint density at radius 2 is 1.76 bits per heavy atom. The van der Waals surface area contributed by atoms with Gasteiger partial charge < -0.3 is 14.8 Å². The van der Waals surface area contributed by atoms with Gasteiger partial charge in [-0.3, -0.25) is 4.79 Å². The van der Waals surface area contributed by atoms with E-state index in [-0.39, 0.29) is 5.91 Å². The quantitative estimate of drug-likeness (QED) is 0.720. The van der Waals surface area contributed by atoms with Crippen LogP contribution in [-0.4, -0.2) is 19.1 Å². The van der Waals surface area contributed by atoms with Crippen LogP contribution in [0.1, 0.15) is 31.4 Å². The predicted molar refractivity (Wildman–Crippen MR) is 100 cm³/mol.